The molecule has 0 unspecified atom stereocenters. The van der Waals surface area contributed by atoms with Gasteiger partial charge < -0.3 is 0 Å². The Morgan fingerprint density at radius 3 is 2.44 bits per heavy atom. The number of hydrogen-bond donors (Lipinski definition) is 0. The first-order valence-electron chi connectivity index (χ1n) is 5.95. The van der Waals surface area contributed by atoms with Crippen LogP contribution in [0.15, 0.2) is 12.1 Å². The Morgan fingerprint density at radius 2 is 1.94 bits per heavy atom. The zero-order valence-corrected chi connectivity index (χ0v) is 12.7. The Labute approximate surface area is 117 Å². The van der Waals surface area contributed by atoms with Gasteiger partial charge in [0.1, 0.15) is 0 Å². The average Bonchev–Trinajstić information content (AvgIpc) is 2.75. The molecule has 0 aliphatic carbocycles. The maximum atomic E-state index is 11.7. The summed E-state index contributed by atoms with van der Waals surface area (Å²) in [6.45, 7) is 5.31. The molecular formula is C11H17ClN2O2S2. The third-order valence-electron chi connectivity index (χ3n) is 3.10. The minimum Gasteiger partial charge on any atom is -0.296 e. The molecule has 1 aliphatic heterocycles. The highest BCUT2D eigenvalue weighted by atomic mass is 35.5. The lowest BCUT2D eigenvalue weighted by Gasteiger charge is -2.33. The maximum Gasteiger partial charge on any atom is 0.213 e. The van der Waals surface area contributed by atoms with E-state index in [-0.39, 0.29) is 5.75 Å². The lowest BCUT2D eigenvalue weighted by molar-refractivity contribution is 0.183. The minimum atomic E-state index is -3.03. The second kappa shape index (κ2) is 5.88. The van der Waals surface area contributed by atoms with Crippen LogP contribution < -0.4 is 0 Å². The molecule has 2 heterocycles. The molecule has 7 heteroatoms. The third-order valence-corrected chi connectivity index (χ3v) is 6.20. The van der Waals surface area contributed by atoms with Crippen LogP contribution in [-0.4, -0.2) is 49.6 Å². The highest BCUT2D eigenvalue weighted by molar-refractivity contribution is 7.89. The summed E-state index contributed by atoms with van der Waals surface area (Å²) in [6.07, 6.45) is 0. The van der Waals surface area contributed by atoms with Crippen molar-refractivity contribution in [1.82, 2.24) is 9.21 Å². The first-order valence-corrected chi connectivity index (χ1v) is 8.76. The highest BCUT2D eigenvalue weighted by Crippen LogP contribution is 2.23. The van der Waals surface area contributed by atoms with Crippen molar-refractivity contribution in [2.24, 2.45) is 0 Å². The van der Waals surface area contributed by atoms with Crippen LogP contribution in [0.4, 0.5) is 0 Å². The molecule has 1 fully saturated rings. The topological polar surface area (TPSA) is 40.6 Å². The second-order valence-corrected chi connectivity index (χ2v) is 8.34. The van der Waals surface area contributed by atoms with Gasteiger partial charge in [-0.15, -0.1) is 11.3 Å². The van der Waals surface area contributed by atoms with Crippen LogP contribution >= 0.6 is 22.9 Å². The summed E-state index contributed by atoms with van der Waals surface area (Å²) in [4.78, 5) is 3.50. The molecule has 0 spiro atoms. The van der Waals surface area contributed by atoms with Gasteiger partial charge in [0.25, 0.3) is 0 Å². The van der Waals surface area contributed by atoms with Crippen molar-refractivity contribution in [2.45, 2.75) is 13.5 Å². The van der Waals surface area contributed by atoms with Crippen molar-refractivity contribution in [3.8, 4) is 0 Å². The van der Waals surface area contributed by atoms with Gasteiger partial charge >= 0.3 is 0 Å². The predicted molar refractivity (Wildman–Crippen MR) is 75.6 cm³/mol. The molecular weight excluding hydrogens is 292 g/mol. The number of sulfonamides is 1. The number of nitrogens with zero attached hydrogens (tertiary/aromatic N) is 2. The standard InChI is InChI=1S/C11H17ClN2O2S2/c1-2-18(15,16)14-7-5-13(6-8-14)9-10-3-4-11(12)17-10/h3-4H,2,5-9H2,1H3. The normalized spacial score (nSPS) is 19.2. The summed E-state index contributed by atoms with van der Waals surface area (Å²) in [5, 5.41) is 0. The molecule has 102 valence electrons. The lowest BCUT2D eigenvalue weighted by atomic mass is 10.3. The molecule has 1 saturated heterocycles. The largest absolute Gasteiger partial charge is 0.296 e. The molecule has 0 amide bonds. The van der Waals surface area contributed by atoms with E-state index in [0.717, 1.165) is 24.0 Å². The van der Waals surface area contributed by atoms with Crippen molar-refractivity contribution < 1.29 is 8.42 Å². The van der Waals surface area contributed by atoms with Gasteiger partial charge in [-0.2, -0.15) is 4.31 Å². The van der Waals surface area contributed by atoms with Crippen LogP contribution in [0.25, 0.3) is 0 Å². The molecule has 0 atom stereocenters. The number of halogens is 1. The van der Waals surface area contributed by atoms with Crippen LogP contribution in [0.1, 0.15) is 11.8 Å². The van der Waals surface area contributed by atoms with Crippen molar-refractivity contribution in [3.63, 3.8) is 0 Å². The van der Waals surface area contributed by atoms with Crippen LogP contribution in [0, 0.1) is 0 Å². The van der Waals surface area contributed by atoms with Gasteiger partial charge in [-0.25, -0.2) is 8.42 Å². The zero-order valence-electron chi connectivity index (χ0n) is 10.3. The van der Waals surface area contributed by atoms with Crippen molar-refractivity contribution in [2.75, 3.05) is 31.9 Å². The van der Waals surface area contributed by atoms with Gasteiger partial charge in [0.2, 0.25) is 10.0 Å². The summed E-state index contributed by atoms with van der Waals surface area (Å²) in [7, 11) is -3.03. The zero-order chi connectivity index (χ0) is 13.2. The number of piperazine rings is 1. The molecule has 0 saturated carbocycles. The lowest BCUT2D eigenvalue weighted by Crippen LogP contribution is -2.48. The fraction of sp³-hybridized carbons (Fsp3) is 0.636. The number of thiophene rings is 1. The Balaban J connectivity index is 1.87. The minimum absolute atomic E-state index is 0.188. The monoisotopic (exact) mass is 308 g/mol. The Hall–Kier alpha value is -0.140. The summed E-state index contributed by atoms with van der Waals surface area (Å²) < 4.78 is 25.8. The summed E-state index contributed by atoms with van der Waals surface area (Å²) >= 11 is 7.48. The summed E-state index contributed by atoms with van der Waals surface area (Å²) in [5.41, 5.74) is 0. The van der Waals surface area contributed by atoms with E-state index in [1.165, 1.54) is 4.88 Å². The van der Waals surface area contributed by atoms with E-state index in [0.29, 0.717) is 13.1 Å². The fourth-order valence-corrected chi connectivity index (χ4v) is 4.22. The predicted octanol–water partition coefficient (Wildman–Crippen LogP) is 1.87. The van der Waals surface area contributed by atoms with E-state index in [1.807, 2.05) is 12.1 Å². The summed E-state index contributed by atoms with van der Waals surface area (Å²) in [6, 6.07) is 3.93. The molecule has 1 aromatic heterocycles. The van der Waals surface area contributed by atoms with Crippen LogP contribution in [0.2, 0.25) is 4.34 Å². The Morgan fingerprint density at radius 1 is 1.28 bits per heavy atom. The van der Waals surface area contributed by atoms with Crippen molar-refractivity contribution in [1.29, 1.82) is 0 Å². The Bertz CT molecular complexity index is 493. The van der Waals surface area contributed by atoms with E-state index in [4.69, 9.17) is 11.6 Å². The average molecular weight is 309 g/mol. The SMILES string of the molecule is CCS(=O)(=O)N1CCN(Cc2ccc(Cl)s2)CC1. The van der Waals surface area contributed by atoms with Gasteiger partial charge in [0.15, 0.2) is 0 Å². The third kappa shape index (κ3) is 3.45. The molecule has 1 aliphatic rings. The molecule has 0 radical (unpaired) electrons. The maximum absolute atomic E-state index is 11.7. The van der Waals surface area contributed by atoms with Gasteiger partial charge in [-0.3, -0.25) is 4.90 Å². The van der Waals surface area contributed by atoms with Gasteiger partial charge in [-0.05, 0) is 19.1 Å². The second-order valence-electron chi connectivity index (χ2n) is 4.28. The number of hydrogen-bond acceptors (Lipinski definition) is 4. The molecule has 4 nitrogen and oxygen atoms in total. The van der Waals surface area contributed by atoms with Crippen LogP contribution in [0.5, 0.6) is 0 Å². The highest BCUT2D eigenvalue weighted by Gasteiger charge is 2.25. The van der Waals surface area contributed by atoms with Crippen LogP contribution in [-0.2, 0) is 16.6 Å². The molecule has 0 aromatic carbocycles. The van der Waals surface area contributed by atoms with E-state index in [1.54, 1.807) is 22.6 Å². The van der Waals surface area contributed by atoms with E-state index in [2.05, 4.69) is 4.90 Å². The molecule has 1 aromatic rings. The first kappa shape index (κ1) is 14.3. The molecule has 18 heavy (non-hydrogen) atoms. The van der Waals surface area contributed by atoms with Gasteiger partial charge in [0, 0.05) is 37.6 Å². The van der Waals surface area contributed by atoms with E-state index in [9.17, 15) is 8.42 Å². The smallest absolute Gasteiger partial charge is 0.213 e. The van der Waals surface area contributed by atoms with E-state index < -0.39 is 10.0 Å². The van der Waals surface area contributed by atoms with Gasteiger partial charge in [0.05, 0.1) is 10.1 Å². The first-order chi connectivity index (χ1) is 8.51. The van der Waals surface area contributed by atoms with Crippen molar-refractivity contribution in [3.05, 3.63) is 21.3 Å². The van der Waals surface area contributed by atoms with Gasteiger partial charge in [-0.1, -0.05) is 11.6 Å². The van der Waals surface area contributed by atoms with Crippen LogP contribution in [0.3, 0.4) is 0 Å². The van der Waals surface area contributed by atoms with Crippen molar-refractivity contribution >= 4 is 33.0 Å². The number of rotatable bonds is 4. The molecule has 0 N–H and O–H groups in total. The van der Waals surface area contributed by atoms with E-state index >= 15 is 0 Å². The molecule has 0 bridgehead atoms. The summed E-state index contributed by atoms with van der Waals surface area (Å²) in [5.74, 6) is 0.188. The fourth-order valence-electron chi connectivity index (χ4n) is 2.01. The molecule has 2 rings (SSSR count). The Kier molecular flexibility index (Phi) is 4.66. The quantitative estimate of drug-likeness (QED) is 0.852.